The summed E-state index contributed by atoms with van der Waals surface area (Å²) in [7, 11) is 0. The van der Waals surface area contributed by atoms with E-state index in [9.17, 15) is 0 Å². The van der Waals surface area contributed by atoms with Gasteiger partial charge in [-0.1, -0.05) is 43.7 Å². The summed E-state index contributed by atoms with van der Waals surface area (Å²) in [5.41, 5.74) is 4.26. The summed E-state index contributed by atoms with van der Waals surface area (Å²) in [6, 6.07) is 8.59. The summed E-state index contributed by atoms with van der Waals surface area (Å²) in [5, 5.41) is 0. The molecule has 0 nitrogen and oxygen atoms in total. The Morgan fingerprint density at radius 2 is 2.00 bits per heavy atom. The monoisotopic (exact) mass is 174 g/mol. The van der Waals surface area contributed by atoms with Crippen LogP contribution < -0.4 is 0 Å². The minimum absolute atomic E-state index is 1.18. The molecule has 0 aliphatic rings. The first-order valence-corrected chi connectivity index (χ1v) is 5.00. The Bertz CT molecular complexity index is 295. The first kappa shape index (κ1) is 10.0. The van der Waals surface area contributed by atoms with Gasteiger partial charge in [0.15, 0.2) is 0 Å². The van der Waals surface area contributed by atoms with E-state index in [0.29, 0.717) is 0 Å². The molecule has 0 bridgehead atoms. The molecule has 0 heteroatoms. The molecule has 0 spiro atoms. The lowest BCUT2D eigenvalue weighted by Gasteiger charge is -2.08. The maximum absolute atomic E-state index is 2.23. The van der Waals surface area contributed by atoms with Crippen molar-refractivity contribution in [2.75, 3.05) is 0 Å². The van der Waals surface area contributed by atoms with Crippen LogP contribution in [0.15, 0.2) is 30.3 Å². The quantitative estimate of drug-likeness (QED) is 0.644. The second kappa shape index (κ2) is 4.86. The fraction of sp³-hybridized carbons (Fsp3) is 0.385. The lowest BCUT2D eigenvalue weighted by atomic mass is 9.97. The summed E-state index contributed by atoms with van der Waals surface area (Å²) in [4.78, 5) is 0. The van der Waals surface area contributed by atoms with Crippen molar-refractivity contribution >= 4 is 5.57 Å². The van der Waals surface area contributed by atoms with Crippen LogP contribution in [-0.2, 0) is 0 Å². The van der Waals surface area contributed by atoms with Gasteiger partial charge in [-0.05, 0) is 37.0 Å². The van der Waals surface area contributed by atoms with E-state index in [1.54, 1.807) is 0 Å². The molecule has 1 aromatic carbocycles. The van der Waals surface area contributed by atoms with Crippen molar-refractivity contribution in [2.45, 2.75) is 33.6 Å². The molecule has 0 saturated carbocycles. The molecule has 0 amide bonds. The highest BCUT2D eigenvalue weighted by atomic mass is 14.1. The van der Waals surface area contributed by atoms with Crippen LogP contribution in [0.2, 0.25) is 0 Å². The Morgan fingerprint density at radius 1 is 1.31 bits per heavy atom. The summed E-state index contributed by atoms with van der Waals surface area (Å²) in [6.45, 7) is 6.52. The normalized spacial score (nSPS) is 11.8. The Balaban J connectivity index is 2.99. The molecule has 0 aliphatic carbocycles. The maximum Gasteiger partial charge on any atom is -0.0199 e. The number of benzene rings is 1. The topological polar surface area (TPSA) is 0 Å². The molecule has 1 rings (SSSR count). The van der Waals surface area contributed by atoms with Crippen molar-refractivity contribution in [3.63, 3.8) is 0 Å². The van der Waals surface area contributed by atoms with Crippen molar-refractivity contribution in [1.82, 2.24) is 0 Å². The molecule has 0 fully saturated rings. The van der Waals surface area contributed by atoms with E-state index in [4.69, 9.17) is 0 Å². The highest BCUT2D eigenvalue weighted by molar-refractivity contribution is 5.67. The van der Waals surface area contributed by atoms with Crippen LogP contribution >= 0.6 is 0 Å². The largest absolute Gasteiger partial charge is 0.0838 e. The van der Waals surface area contributed by atoms with Gasteiger partial charge in [0, 0.05) is 0 Å². The predicted octanol–water partition coefficient (Wildman–Crippen LogP) is 4.20. The SMILES string of the molecule is C/C=C(\CCC)c1ccccc1C. The van der Waals surface area contributed by atoms with E-state index in [-0.39, 0.29) is 0 Å². The molecule has 0 aliphatic heterocycles. The molecule has 0 saturated heterocycles. The molecule has 0 N–H and O–H groups in total. The fourth-order valence-corrected chi connectivity index (χ4v) is 1.64. The smallest absolute Gasteiger partial charge is 0.0199 e. The molecule has 0 atom stereocenters. The van der Waals surface area contributed by atoms with Crippen LogP contribution in [0.3, 0.4) is 0 Å². The molecule has 0 radical (unpaired) electrons. The van der Waals surface area contributed by atoms with Crippen molar-refractivity contribution in [2.24, 2.45) is 0 Å². The van der Waals surface area contributed by atoms with Gasteiger partial charge < -0.3 is 0 Å². The standard InChI is InChI=1S/C13H18/c1-4-8-12(5-2)13-10-7-6-9-11(13)3/h5-7,9-10H,4,8H2,1-3H3/b12-5+. The van der Waals surface area contributed by atoms with E-state index < -0.39 is 0 Å². The van der Waals surface area contributed by atoms with Crippen LogP contribution in [0.4, 0.5) is 0 Å². The van der Waals surface area contributed by atoms with Gasteiger partial charge in [0.1, 0.15) is 0 Å². The fourth-order valence-electron chi connectivity index (χ4n) is 1.64. The van der Waals surface area contributed by atoms with Gasteiger partial charge in [-0.15, -0.1) is 0 Å². The second-order valence-electron chi connectivity index (χ2n) is 3.38. The zero-order valence-electron chi connectivity index (χ0n) is 8.80. The Hall–Kier alpha value is -1.04. The number of hydrogen-bond donors (Lipinski definition) is 0. The number of allylic oxidation sites excluding steroid dienone is 2. The number of hydrogen-bond acceptors (Lipinski definition) is 0. The van der Waals surface area contributed by atoms with Gasteiger partial charge >= 0.3 is 0 Å². The Morgan fingerprint density at radius 3 is 2.54 bits per heavy atom. The Kier molecular flexibility index (Phi) is 3.75. The molecule has 0 aromatic heterocycles. The summed E-state index contributed by atoms with van der Waals surface area (Å²) in [5.74, 6) is 0. The minimum Gasteiger partial charge on any atom is -0.0838 e. The third-order valence-corrected chi connectivity index (χ3v) is 2.36. The van der Waals surface area contributed by atoms with Crippen LogP contribution in [0.25, 0.3) is 5.57 Å². The average molecular weight is 174 g/mol. The van der Waals surface area contributed by atoms with Gasteiger partial charge in [0.2, 0.25) is 0 Å². The van der Waals surface area contributed by atoms with Crippen molar-refractivity contribution in [3.8, 4) is 0 Å². The lowest BCUT2D eigenvalue weighted by molar-refractivity contribution is 0.970. The first-order chi connectivity index (χ1) is 6.29. The highest BCUT2D eigenvalue weighted by Gasteiger charge is 2.01. The van der Waals surface area contributed by atoms with E-state index >= 15 is 0 Å². The van der Waals surface area contributed by atoms with Crippen molar-refractivity contribution < 1.29 is 0 Å². The second-order valence-corrected chi connectivity index (χ2v) is 3.38. The maximum atomic E-state index is 2.23. The van der Waals surface area contributed by atoms with Crippen LogP contribution in [0.5, 0.6) is 0 Å². The number of aryl methyl sites for hydroxylation is 1. The van der Waals surface area contributed by atoms with Gasteiger partial charge in [0.05, 0.1) is 0 Å². The van der Waals surface area contributed by atoms with Crippen LogP contribution in [0.1, 0.15) is 37.8 Å². The third kappa shape index (κ3) is 2.45. The van der Waals surface area contributed by atoms with E-state index in [2.05, 4.69) is 51.1 Å². The van der Waals surface area contributed by atoms with Gasteiger partial charge in [-0.2, -0.15) is 0 Å². The summed E-state index contributed by atoms with van der Waals surface area (Å²) in [6.07, 6.45) is 4.63. The minimum atomic E-state index is 1.18. The first-order valence-electron chi connectivity index (χ1n) is 5.00. The molecular weight excluding hydrogens is 156 g/mol. The van der Waals surface area contributed by atoms with E-state index in [1.807, 2.05) is 0 Å². The van der Waals surface area contributed by atoms with Gasteiger partial charge in [0.25, 0.3) is 0 Å². The summed E-state index contributed by atoms with van der Waals surface area (Å²) < 4.78 is 0. The molecule has 1 aromatic rings. The van der Waals surface area contributed by atoms with Crippen molar-refractivity contribution in [1.29, 1.82) is 0 Å². The zero-order chi connectivity index (χ0) is 9.68. The highest BCUT2D eigenvalue weighted by Crippen LogP contribution is 2.22. The Labute approximate surface area is 81.3 Å². The van der Waals surface area contributed by atoms with Crippen LogP contribution in [0, 0.1) is 6.92 Å². The molecule has 13 heavy (non-hydrogen) atoms. The number of rotatable bonds is 3. The molecular formula is C13H18. The van der Waals surface area contributed by atoms with E-state index in [0.717, 1.165) is 0 Å². The van der Waals surface area contributed by atoms with Crippen LogP contribution in [-0.4, -0.2) is 0 Å². The summed E-state index contributed by atoms with van der Waals surface area (Å²) >= 11 is 0. The lowest BCUT2D eigenvalue weighted by Crippen LogP contribution is -1.87. The molecule has 70 valence electrons. The van der Waals surface area contributed by atoms with E-state index in [1.165, 1.54) is 29.5 Å². The third-order valence-electron chi connectivity index (χ3n) is 2.36. The van der Waals surface area contributed by atoms with Crippen molar-refractivity contribution in [3.05, 3.63) is 41.5 Å². The van der Waals surface area contributed by atoms with Gasteiger partial charge in [-0.3, -0.25) is 0 Å². The molecule has 0 unspecified atom stereocenters. The predicted molar refractivity (Wildman–Crippen MR) is 59.7 cm³/mol. The van der Waals surface area contributed by atoms with Gasteiger partial charge in [-0.25, -0.2) is 0 Å². The zero-order valence-corrected chi connectivity index (χ0v) is 8.80. The average Bonchev–Trinajstić information content (AvgIpc) is 2.16. The molecule has 0 heterocycles.